The highest BCUT2D eigenvalue weighted by molar-refractivity contribution is 6.02. The van der Waals surface area contributed by atoms with Crippen molar-refractivity contribution in [1.29, 1.82) is 0 Å². The summed E-state index contributed by atoms with van der Waals surface area (Å²) in [5, 5.41) is 6.51. The van der Waals surface area contributed by atoms with Crippen LogP contribution >= 0.6 is 0 Å². The monoisotopic (exact) mass is 332 g/mol. The molecule has 0 bridgehead atoms. The van der Waals surface area contributed by atoms with Crippen molar-refractivity contribution in [3.63, 3.8) is 0 Å². The number of carbonyl (C=O) groups excluding carboxylic acids is 1. The van der Waals surface area contributed by atoms with E-state index in [1.54, 1.807) is 13.0 Å². The normalized spacial score (nSPS) is 11.0. The van der Waals surface area contributed by atoms with E-state index in [1.807, 2.05) is 60.1 Å². The lowest BCUT2D eigenvalue weighted by Crippen LogP contribution is -2.11. The summed E-state index contributed by atoms with van der Waals surface area (Å²) < 4.78 is 6.91. The number of imidazole rings is 1. The van der Waals surface area contributed by atoms with Gasteiger partial charge in [0.2, 0.25) is 0 Å². The average molecular weight is 332 g/mol. The molecule has 6 nitrogen and oxygen atoms in total. The molecule has 0 unspecified atom stereocenters. The lowest BCUT2D eigenvalue weighted by atomic mass is 10.1. The number of amides is 1. The summed E-state index contributed by atoms with van der Waals surface area (Å²) in [7, 11) is 0. The number of aryl methyl sites for hydroxylation is 2. The fraction of sp³-hybridized carbons (Fsp3) is 0.105. The van der Waals surface area contributed by atoms with Gasteiger partial charge in [-0.15, -0.1) is 0 Å². The molecule has 1 N–H and O–H groups in total. The Balaban J connectivity index is 1.55. The van der Waals surface area contributed by atoms with Gasteiger partial charge in [0.25, 0.3) is 5.91 Å². The summed E-state index contributed by atoms with van der Waals surface area (Å²) in [6, 6.07) is 13.2. The Morgan fingerprint density at radius 2 is 1.92 bits per heavy atom. The predicted octanol–water partition coefficient (Wildman–Crippen LogP) is 3.86. The molecule has 1 aromatic carbocycles. The SMILES string of the molecule is Cc1ccn2cc(-c3ccc(NC(=O)c4cc(C)on4)cc3)nc2c1. The molecule has 0 fully saturated rings. The van der Waals surface area contributed by atoms with Gasteiger partial charge in [-0.3, -0.25) is 4.79 Å². The van der Waals surface area contributed by atoms with Crippen LogP contribution in [0, 0.1) is 13.8 Å². The molecule has 4 rings (SSSR count). The molecule has 25 heavy (non-hydrogen) atoms. The molecule has 0 spiro atoms. The smallest absolute Gasteiger partial charge is 0.277 e. The topological polar surface area (TPSA) is 72.4 Å². The molecule has 1 amide bonds. The fourth-order valence-electron chi connectivity index (χ4n) is 2.62. The molecule has 3 heterocycles. The Morgan fingerprint density at radius 3 is 2.64 bits per heavy atom. The molecule has 0 saturated carbocycles. The van der Waals surface area contributed by atoms with Crippen molar-refractivity contribution in [2.45, 2.75) is 13.8 Å². The van der Waals surface area contributed by atoms with E-state index in [2.05, 4.69) is 15.5 Å². The zero-order valence-corrected chi connectivity index (χ0v) is 13.9. The van der Waals surface area contributed by atoms with Gasteiger partial charge in [0.1, 0.15) is 11.4 Å². The molecule has 0 atom stereocenters. The van der Waals surface area contributed by atoms with E-state index in [1.165, 1.54) is 5.56 Å². The van der Waals surface area contributed by atoms with Crippen molar-refractivity contribution in [3.8, 4) is 11.3 Å². The molecule has 3 aromatic heterocycles. The maximum atomic E-state index is 12.1. The first-order valence-electron chi connectivity index (χ1n) is 7.89. The second-order valence-corrected chi connectivity index (χ2v) is 5.95. The maximum Gasteiger partial charge on any atom is 0.277 e. The number of fused-ring (bicyclic) bond motifs is 1. The molecule has 124 valence electrons. The molecule has 0 aliphatic carbocycles. The molecular formula is C19H16N4O2. The summed E-state index contributed by atoms with van der Waals surface area (Å²) in [4.78, 5) is 16.7. The van der Waals surface area contributed by atoms with Crippen molar-refractivity contribution < 1.29 is 9.32 Å². The van der Waals surface area contributed by atoms with Crippen molar-refractivity contribution in [2.24, 2.45) is 0 Å². The van der Waals surface area contributed by atoms with E-state index in [9.17, 15) is 4.79 Å². The number of nitrogens with one attached hydrogen (secondary N) is 1. The number of carbonyl (C=O) groups is 1. The zero-order chi connectivity index (χ0) is 17.4. The highest BCUT2D eigenvalue weighted by atomic mass is 16.5. The van der Waals surface area contributed by atoms with E-state index >= 15 is 0 Å². The standard InChI is InChI=1S/C19H16N4O2/c1-12-7-8-23-11-17(21-18(23)9-12)14-3-5-15(6-4-14)20-19(24)16-10-13(2)25-22-16/h3-11H,1-2H3,(H,20,24). The lowest BCUT2D eigenvalue weighted by Gasteiger charge is -2.03. The van der Waals surface area contributed by atoms with Gasteiger partial charge in [-0.05, 0) is 43.7 Å². The maximum absolute atomic E-state index is 12.1. The van der Waals surface area contributed by atoms with Gasteiger partial charge in [-0.2, -0.15) is 0 Å². The molecule has 0 aliphatic rings. The average Bonchev–Trinajstić information content (AvgIpc) is 3.21. The number of hydrogen-bond acceptors (Lipinski definition) is 4. The van der Waals surface area contributed by atoms with Gasteiger partial charge >= 0.3 is 0 Å². The van der Waals surface area contributed by atoms with Crippen molar-refractivity contribution in [2.75, 3.05) is 5.32 Å². The van der Waals surface area contributed by atoms with E-state index in [4.69, 9.17) is 4.52 Å². The summed E-state index contributed by atoms with van der Waals surface area (Å²) in [6.07, 6.45) is 3.98. The third-order valence-electron chi connectivity index (χ3n) is 3.91. The van der Waals surface area contributed by atoms with Crippen LogP contribution in [-0.2, 0) is 0 Å². The highest BCUT2D eigenvalue weighted by Gasteiger charge is 2.11. The predicted molar refractivity (Wildman–Crippen MR) is 94.6 cm³/mol. The Kier molecular flexibility index (Phi) is 3.57. The van der Waals surface area contributed by atoms with Gasteiger partial charge in [0.15, 0.2) is 5.69 Å². The van der Waals surface area contributed by atoms with E-state index < -0.39 is 0 Å². The minimum absolute atomic E-state index is 0.261. The molecule has 0 saturated heterocycles. The van der Waals surface area contributed by atoms with Crippen LogP contribution < -0.4 is 5.32 Å². The van der Waals surface area contributed by atoms with Crippen LogP contribution in [0.15, 0.2) is 59.4 Å². The second-order valence-electron chi connectivity index (χ2n) is 5.95. The molecule has 0 radical (unpaired) electrons. The Labute approximate surface area is 144 Å². The number of hydrogen-bond donors (Lipinski definition) is 1. The van der Waals surface area contributed by atoms with Crippen LogP contribution in [0.2, 0.25) is 0 Å². The minimum Gasteiger partial charge on any atom is -0.361 e. The summed E-state index contributed by atoms with van der Waals surface area (Å²) in [5.74, 6) is 0.301. The van der Waals surface area contributed by atoms with Crippen molar-refractivity contribution >= 4 is 17.2 Å². The van der Waals surface area contributed by atoms with Crippen LogP contribution in [0.1, 0.15) is 21.8 Å². The third-order valence-corrected chi connectivity index (χ3v) is 3.91. The largest absolute Gasteiger partial charge is 0.361 e. The molecular weight excluding hydrogens is 316 g/mol. The first kappa shape index (κ1) is 15.1. The number of nitrogens with zero attached hydrogens (tertiary/aromatic N) is 3. The Morgan fingerprint density at radius 1 is 1.12 bits per heavy atom. The fourth-order valence-corrected chi connectivity index (χ4v) is 2.62. The number of pyridine rings is 1. The minimum atomic E-state index is -0.298. The van der Waals surface area contributed by atoms with Crippen LogP contribution in [-0.4, -0.2) is 20.4 Å². The van der Waals surface area contributed by atoms with Gasteiger partial charge in [-0.25, -0.2) is 4.98 Å². The van der Waals surface area contributed by atoms with E-state index in [0.29, 0.717) is 11.4 Å². The Bertz CT molecular complexity index is 1060. The van der Waals surface area contributed by atoms with Gasteiger partial charge in [-0.1, -0.05) is 17.3 Å². The Hall–Kier alpha value is -3.41. The second kappa shape index (κ2) is 5.90. The molecule has 4 aromatic rings. The first-order valence-corrected chi connectivity index (χ1v) is 7.89. The van der Waals surface area contributed by atoms with Crippen LogP contribution in [0.25, 0.3) is 16.9 Å². The number of rotatable bonds is 3. The van der Waals surface area contributed by atoms with Gasteiger partial charge < -0.3 is 14.2 Å². The summed E-state index contributed by atoms with van der Waals surface area (Å²) in [5.41, 5.74) is 4.90. The van der Waals surface area contributed by atoms with Gasteiger partial charge in [0, 0.05) is 29.7 Å². The van der Waals surface area contributed by atoms with Crippen LogP contribution in [0.3, 0.4) is 0 Å². The van der Waals surface area contributed by atoms with Crippen LogP contribution in [0.4, 0.5) is 5.69 Å². The highest BCUT2D eigenvalue weighted by Crippen LogP contribution is 2.22. The summed E-state index contributed by atoms with van der Waals surface area (Å²) >= 11 is 0. The molecule has 0 aliphatic heterocycles. The number of benzene rings is 1. The van der Waals surface area contributed by atoms with Gasteiger partial charge in [0.05, 0.1) is 5.69 Å². The number of anilines is 1. The lowest BCUT2D eigenvalue weighted by molar-refractivity contribution is 0.101. The van der Waals surface area contributed by atoms with Crippen molar-refractivity contribution in [3.05, 3.63) is 71.9 Å². The molecule has 6 heteroatoms. The third kappa shape index (κ3) is 3.01. The van der Waals surface area contributed by atoms with E-state index in [0.717, 1.165) is 16.9 Å². The van der Waals surface area contributed by atoms with Crippen molar-refractivity contribution in [1.82, 2.24) is 14.5 Å². The number of aromatic nitrogens is 3. The van der Waals surface area contributed by atoms with Crippen LogP contribution in [0.5, 0.6) is 0 Å². The van der Waals surface area contributed by atoms with E-state index in [-0.39, 0.29) is 11.6 Å². The first-order chi connectivity index (χ1) is 12.1. The zero-order valence-electron chi connectivity index (χ0n) is 13.9. The quantitative estimate of drug-likeness (QED) is 0.618. The summed E-state index contributed by atoms with van der Waals surface area (Å²) in [6.45, 7) is 3.79.